The first kappa shape index (κ1) is 22.8. The first-order valence-electron chi connectivity index (χ1n) is 11.2. The lowest BCUT2D eigenvalue weighted by atomic mass is 9.95. The third-order valence-corrected chi connectivity index (χ3v) is 7.73. The Morgan fingerprint density at radius 1 is 1.03 bits per heavy atom. The van der Waals surface area contributed by atoms with E-state index in [9.17, 15) is 14.7 Å². The topological polar surface area (TPSA) is 89.0 Å². The summed E-state index contributed by atoms with van der Waals surface area (Å²) in [4.78, 5) is 32.9. The fraction of sp³-hybridized carbons (Fsp3) is 0.148. The molecule has 3 heterocycles. The average molecular weight is 563 g/mol. The molecule has 0 radical (unpaired) electrons. The van der Waals surface area contributed by atoms with E-state index in [2.05, 4.69) is 20.9 Å². The third kappa shape index (κ3) is 3.75. The number of carbonyl (C=O) groups is 2. The number of fused-ring (bicyclic) bond motifs is 2. The summed E-state index contributed by atoms with van der Waals surface area (Å²) in [6, 6.07) is 17.3. The number of hydrogen-bond acceptors (Lipinski definition) is 7. The van der Waals surface area contributed by atoms with Gasteiger partial charge in [-0.3, -0.25) is 14.5 Å². The molecule has 1 atom stereocenters. The molecule has 9 heteroatoms. The third-order valence-electron chi connectivity index (χ3n) is 6.18. The second-order valence-corrected chi connectivity index (χ2v) is 10.5. The number of amides is 1. The highest BCUT2D eigenvalue weighted by atomic mass is 79.9. The smallest absolute Gasteiger partial charge is 0.301 e. The van der Waals surface area contributed by atoms with Gasteiger partial charge in [0.15, 0.2) is 16.6 Å². The maximum Gasteiger partial charge on any atom is 0.301 e. The van der Waals surface area contributed by atoms with Crippen molar-refractivity contribution < 1.29 is 24.2 Å². The van der Waals surface area contributed by atoms with Crippen LogP contribution >= 0.6 is 27.3 Å². The number of thiazole rings is 1. The zero-order valence-electron chi connectivity index (χ0n) is 19.0. The van der Waals surface area contributed by atoms with Gasteiger partial charge in [-0.05, 0) is 60.5 Å². The van der Waals surface area contributed by atoms with Gasteiger partial charge in [-0.2, -0.15) is 0 Å². The van der Waals surface area contributed by atoms with Crippen LogP contribution in [0.25, 0.3) is 16.0 Å². The van der Waals surface area contributed by atoms with Crippen molar-refractivity contribution >= 4 is 60.1 Å². The highest BCUT2D eigenvalue weighted by molar-refractivity contribution is 9.10. The number of aromatic nitrogens is 1. The number of carbonyl (C=O) groups excluding carboxylic acids is 2. The van der Waals surface area contributed by atoms with Crippen molar-refractivity contribution in [3.63, 3.8) is 0 Å². The Morgan fingerprint density at radius 2 is 1.78 bits per heavy atom. The van der Waals surface area contributed by atoms with Gasteiger partial charge in [0.25, 0.3) is 5.78 Å². The molecule has 180 valence electrons. The number of Topliss-reactive ketones (excluding diaryl/α,β-unsaturated/α-hetero) is 1. The van der Waals surface area contributed by atoms with Crippen molar-refractivity contribution in [3.8, 4) is 11.5 Å². The summed E-state index contributed by atoms with van der Waals surface area (Å²) in [5.41, 5.74) is 2.84. The van der Waals surface area contributed by atoms with E-state index in [1.54, 1.807) is 18.2 Å². The first-order valence-corrected chi connectivity index (χ1v) is 12.9. The number of aliphatic hydroxyl groups excluding tert-OH is 1. The van der Waals surface area contributed by atoms with E-state index in [0.29, 0.717) is 41.0 Å². The fourth-order valence-electron chi connectivity index (χ4n) is 4.46. The molecular formula is C27H19BrN2O5S. The van der Waals surface area contributed by atoms with E-state index >= 15 is 0 Å². The number of hydrogen-bond donors (Lipinski definition) is 1. The van der Waals surface area contributed by atoms with Crippen LogP contribution in [0.2, 0.25) is 0 Å². The SMILES string of the molecule is Cc1ccc2nc(N3C(=O)C(=O)C(=C(O)c4ccc5c(c4)OCCO5)[C@@H]3c3ccc(Br)cc3)sc2c1. The minimum atomic E-state index is -0.854. The molecule has 1 aromatic heterocycles. The molecule has 1 fully saturated rings. The quantitative estimate of drug-likeness (QED) is 0.194. The lowest BCUT2D eigenvalue weighted by molar-refractivity contribution is -0.132. The number of rotatable bonds is 3. The largest absolute Gasteiger partial charge is 0.507 e. The molecule has 3 aromatic carbocycles. The molecule has 7 nitrogen and oxygen atoms in total. The molecule has 1 N–H and O–H groups in total. The van der Waals surface area contributed by atoms with Crippen LogP contribution < -0.4 is 14.4 Å². The average Bonchev–Trinajstić information content (AvgIpc) is 3.41. The minimum absolute atomic E-state index is 0.00515. The van der Waals surface area contributed by atoms with Gasteiger partial charge in [0.2, 0.25) is 0 Å². The molecule has 2 aliphatic heterocycles. The first-order chi connectivity index (χ1) is 17.4. The standard InChI is InChI=1S/C27H19BrN2O5S/c1-14-2-8-18-21(12-14)36-27(29-18)30-23(15-3-6-17(28)7-4-15)22(25(32)26(30)33)24(31)16-5-9-19-20(13-16)35-11-10-34-19/h2-9,12-13,23,31H,10-11H2,1H3/t23-/m0/s1. The Bertz CT molecular complexity index is 1580. The summed E-state index contributed by atoms with van der Waals surface area (Å²) >= 11 is 4.77. The molecule has 36 heavy (non-hydrogen) atoms. The summed E-state index contributed by atoms with van der Waals surface area (Å²) < 4.78 is 13.0. The van der Waals surface area contributed by atoms with Crippen LogP contribution in [0.4, 0.5) is 5.13 Å². The lowest BCUT2D eigenvalue weighted by Crippen LogP contribution is -2.29. The Kier molecular flexibility index (Phi) is 5.54. The zero-order valence-corrected chi connectivity index (χ0v) is 21.4. The van der Waals surface area contributed by atoms with Crippen LogP contribution in [0.5, 0.6) is 11.5 Å². The Morgan fingerprint density at radius 3 is 2.56 bits per heavy atom. The maximum absolute atomic E-state index is 13.4. The number of halogens is 1. The number of nitrogens with zero attached hydrogens (tertiary/aromatic N) is 2. The van der Waals surface area contributed by atoms with Gasteiger partial charge in [-0.25, -0.2) is 4.98 Å². The highest BCUT2D eigenvalue weighted by Crippen LogP contribution is 2.45. The lowest BCUT2D eigenvalue weighted by Gasteiger charge is -2.23. The molecule has 0 unspecified atom stereocenters. The van der Waals surface area contributed by atoms with Gasteiger partial charge in [0.1, 0.15) is 19.0 Å². The number of aryl methyl sites for hydroxylation is 1. The molecule has 0 aliphatic carbocycles. The predicted octanol–water partition coefficient (Wildman–Crippen LogP) is 5.76. The normalized spacial score (nSPS) is 18.7. The Hall–Kier alpha value is -3.69. The van der Waals surface area contributed by atoms with Crippen molar-refractivity contribution in [3.05, 3.63) is 87.4 Å². The minimum Gasteiger partial charge on any atom is -0.507 e. The van der Waals surface area contributed by atoms with Crippen LogP contribution in [0.3, 0.4) is 0 Å². The van der Waals surface area contributed by atoms with Crippen molar-refractivity contribution in [2.75, 3.05) is 18.1 Å². The molecule has 4 aromatic rings. The Balaban J connectivity index is 1.54. The molecule has 0 saturated carbocycles. The van der Waals surface area contributed by atoms with E-state index in [4.69, 9.17) is 9.47 Å². The molecular weight excluding hydrogens is 544 g/mol. The van der Waals surface area contributed by atoms with Crippen LogP contribution in [-0.2, 0) is 9.59 Å². The van der Waals surface area contributed by atoms with E-state index in [1.807, 2.05) is 49.4 Å². The van der Waals surface area contributed by atoms with Gasteiger partial charge in [-0.1, -0.05) is 45.5 Å². The van der Waals surface area contributed by atoms with Crippen LogP contribution in [-0.4, -0.2) is 35.0 Å². The molecule has 0 bridgehead atoms. The fourth-order valence-corrected chi connectivity index (χ4v) is 5.81. The van der Waals surface area contributed by atoms with Gasteiger partial charge in [0, 0.05) is 10.0 Å². The molecule has 6 rings (SSSR count). The van der Waals surface area contributed by atoms with E-state index in [0.717, 1.165) is 20.3 Å². The monoisotopic (exact) mass is 562 g/mol. The van der Waals surface area contributed by atoms with Crippen molar-refractivity contribution in [1.29, 1.82) is 0 Å². The van der Waals surface area contributed by atoms with E-state index in [-0.39, 0.29) is 11.3 Å². The second-order valence-electron chi connectivity index (χ2n) is 8.55. The summed E-state index contributed by atoms with van der Waals surface area (Å²) in [5.74, 6) is -0.755. The van der Waals surface area contributed by atoms with Crippen molar-refractivity contribution in [2.24, 2.45) is 0 Å². The van der Waals surface area contributed by atoms with Crippen LogP contribution in [0.1, 0.15) is 22.7 Å². The zero-order chi connectivity index (χ0) is 25.0. The molecule has 1 amide bonds. The van der Waals surface area contributed by atoms with E-state index in [1.165, 1.54) is 16.2 Å². The van der Waals surface area contributed by atoms with Gasteiger partial charge in [-0.15, -0.1) is 0 Å². The molecule has 0 spiro atoms. The van der Waals surface area contributed by atoms with Crippen LogP contribution in [0.15, 0.2) is 70.7 Å². The molecule has 2 aliphatic rings. The summed E-state index contributed by atoms with van der Waals surface area (Å²) in [6.45, 7) is 2.81. The summed E-state index contributed by atoms with van der Waals surface area (Å²) in [5, 5.41) is 11.8. The number of benzene rings is 3. The number of ether oxygens (including phenoxy) is 2. The number of anilines is 1. The van der Waals surface area contributed by atoms with Gasteiger partial charge < -0.3 is 14.6 Å². The number of aliphatic hydroxyl groups is 1. The maximum atomic E-state index is 13.4. The van der Waals surface area contributed by atoms with Crippen molar-refractivity contribution in [2.45, 2.75) is 13.0 Å². The highest BCUT2D eigenvalue weighted by Gasteiger charge is 2.48. The summed E-state index contributed by atoms with van der Waals surface area (Å²) in [6.07, 6.45) is 0. The van der Waals surface area contributed by atoms with Crippen LogP contribution in [0, 0.1) is 6.92 Å². The van der Waals surface area contributed by atoms with E-state index < -0.39 is 17.7 Å². The van der Waals surface area contributed by atoms with Gasteiger partial charge >= 0.3 is 5.91 Å². The Labute approximate surface area is 218 Å². The predicted molar refractivity (Wildman–Crippen MR) is 141 cm³/mol. The summed E-state index contributed by atoms with van der Waals surface area (Å²) in [7, 11) is 0. The number of ketones is 1. The van der Waals surface area contributed by atoms with Gasteiger partial charge in [0.05, 0.1) is 21.8 Å². The second kappa shape index (κ2) is 8.76. The van der Waals surface area contributed by atoms with Crippen molar-refractivity contribution in [1.82, 2.24) is 4.98 Å². The molecule has 1 saturated heterocycles.